The maximum absolute atomic E-state index is 6.07. The summed E-state index contributed by atoms with van der Waals surface area (Å²) in [4.78, 5) is 64.6. The molecule has 30 heteroatoms. The number of anilines is 12. The highest BCUT2D eigenvalue weighted by atomic mass is 16.3. The number of hydrogen-bond acceptors (Lipinski definition) is 26. The fraction of sp³-hybridized carbons (Fsp3) is 0.170. The van der Waals surface area contributed by atoms with Gasteiger partial charge in [0.2, 0.25) is 22.9 Å². The molecule has 0 aliphatic carbocycles. The van der Waals surface area contributed by atoms with Gasteiger partial charge in [0.15, 0.2) is 34.9 Å². The van der Waals surface area contributed by atoms with Crippen LogP contribution < -0.4 is 82.2 Å². The normalized spacial score (nSPS) is 17.5. The summed E-state index contributed by atoms with van der Waals surface area (Å²) in [5.74, 6) is 13.9. The first kappa shape index (κ1) is 76.3. The van der Waals surface area contributed by atoms with Crippen molar-refractivity contribution in [3.63, 3.8) is 0 Å². The average Bonchev–Trinajstić information content (AvgIpc) is 1.59. The van der Waals surface area contributed by atoms with Crippen molar-refractivity contribution in [2.45, 2.75) is 107 Å². The van der Waals surface area contributed by atoms with E-state index in [1.165, 1.54) is 0 Å². The zero-order valence-electron chi connectivity index (χ0n) is 70.6. The Morgan fingerprint density at radius 2 is 0.524 bits per heavy atom. The van der Waals surface area contributed by atoms with Gasteiger partial charge in [-0.05, 0) is 201 Å². The standard InChI is InChI=1S/2C24H22BN5O.2C23H21BN6O/c1-16-11-12-19-20-15-28(25(3)14-22(20)31-24(19)27-16)30-17(2)29(18-8-5-4-6-9-18)23-21(30)10-7-13-26-23;1-16-11-12-19-20-15-28(25(3)14-22(20)31-24(19)27-16)30-17(2)29(18-8-5-4-6-9-18)21-10-7-13-26-23(21)30;2*1-15-9-10-18-19-14-28(24(3)13-20(19)31-23(18)27-15)30-16(2)29(17-7-5-4-6-8-17)21-22(30)26-12-11-25-21/h2*4-15,17H,1-3H3;2*4-14,16H,1-3H3/t2*17-;2*16-/m0000/s1. The molecule has 8 aliphatic heterocycles. The number of hydrazine groups is 4. The van der Waals surface area contributed by atoms with E-state index in [0.29, 0.717) is 22.9 Å². The van der Waals surface area contributed by atoms with Gasteiger partial charge in [-0.1, -0.05) is 100 Å². The van der Waals surface area contributed by atoms with Gasteiger partial charge < -0.3 is 56.9 Å². The van der Waals surface area contributed by atoms with Crippen LogP contribution >= 0.6 is 0 Å². The van der Waals surface area contributed by atoms with Crippen LogP contribution in [0.15, 0.2) is 249 Å². The number of aryl methyl sites for hydroxylation is 4. The number of fused-ring (bicyclic) bond motifs is 16. The number of furan rings is 4. The molecule has 0 bridgehead atoms. The van der Waals surface area contributed by atoms with E-state index in [9.17, 15) is 0 Å². The molecule has 4 aromatic carbocycles. The largest absolute Gasteiger partial charge is 0.439 e. The first-order chi connectivity index (χ1) is 60.5. The fourth-order valence-corrected chi connectivity index (χ4v) is 18.3. The predicted molar refractivity (Wildman–Crippen MR) is 496 cm³/mol. The third-order valence-corrected chi connectivity index (χ3v) is 24.1. The lowest BCUT2D eigenvalue weighted by molar-refractivity contribution is 0.491. The molecule has 0 N–H and O–H groups in total. The molecule has 16 aromatic rings. The Morgan fingerprint density at radius 3 is 0.871 bits per heavy atom. The van der Waals surface area contributed by atoms with E-state index in [-0.39, 0.29) is 52.1 Å². The van der Waals surface area contributed by atoms with Crippen LogP contribution in [0.2, 0.25) is 27.3 Å². The minimum atomic E-state index is -0.00742. The summed E-state index contributed by atoms with van der Waals surface area (Å²) in [6.45, 7) is 25.7. The lowest BCUT2D eigenvalue weighted by atomic mass is 9.63. The second-order valence-corrected chi connectivity index (χ2v) is 32.2. The van der Waals surface area contributed by atoms with Crippen molar-refractivity contribution >= 4 is 190 Å². The lowest BCUT2D eigenvalue weighted by Crippen LogP contribution is -2.55. The number of benzene rings is 4. The van der Waals surface area contributed by atoms with Crippen LogP contribution in [0.5, 0.6) is 0 Å². The summed E-state index contributed by atoms with van der Waals surface area (Å²) < 4.78 is 24.3. The summed E-state index contributed by atoms with van der Waals surface area (Å²) in [5, 5.41) is 17.3. The van der Waals surface area contributed by atoms with Crippen molar-refractivity contribution in [2.75, 3.05) is 39.6 Å². The molecule has 26 nitrogen and oxygen atoms in total. The maximum atomic E-state index is 6.07. The van der Waals surface area contributed by atoms with Gasteiger partial charge in [-0.25, -0.2) is 49.8 Å². The Morgan fingerprint density at radius 1 is 0.258 bits per heavy atom. The van der Waals surface area contributed by atoms with Gasteiger partial charge in [0, 0.05) is 150 Å². The third-order valence-electron chi connectivity index (χ3n) is 24.1. The fourth-order valence-electron chi connectivity index (χ4n) is 18.3. The second kappa shape index (κ2) is 30.6. The number of para-hydroxylation sites is 4. The van der Waals surface area contributed by atoms with Crippen LogP contribution in [0, 0.1) is 27.7 Å². The molecule has 0 unspecified atom stereocenters. The first-order valence-electron chi connectivity index (χ1n) is 42.1. The molecule has 4 atom stereocenters. The van der Waals surface area contributed by atoms with Gasteiger partial charge in [0.1, 0.15) is 52.0 Å². The zero-order chi connectivity index (χ0) is 84.4. The van der Waals surface area contributed by atoms with Crippen LogP contribution in [0.3, 0.4) is 0 Å². The van der Waals surface area contributed by atoms with Crippen molar-refractivity contribution in [1.82, 2.24) is 69.5 Å². The molecule has 0 amide bonds. The second-order valence-electron chi connectivity index (χ2n) is 32.2. The van der Waals surface area contributed by atoms with Crippen LogP contribution in [0.4, 0.5) is 69.0 Å². The Labute approximate surface area is 716 Å². The van der Waals surface area contributed by atoms with Crippen molar-refractivity contribution < 1.29 is 17.7 Å². The summed E-state index contributed by atoms with van der Waals surface area (Å²) in [6, 6.07) is 66.2. The van der Waals surface area contributed by atoms with E-state index in [1.807, 2.05) is 125 Å². The minimum Gasteiger partial charge on any atom is -0.439 e. The highest BCUT2D eigenvalue weighted by Crippen LogP contribution is 2.48. The van der Waals surface area contributed by atoms with Gasteiger partial charge in [-0.3, -0.25) is 20.0 Å². The molecule has 608 valence electrons. The van der Waals surface area contributed by atoms with Gasteiger partial charge in [-0.2, -0.15) is 0 Å². The number of nitrogens with zero attached hydrogens (tertiary/aromatic N) is 22. The predicted octanol–water partition coefficient (Wildman–Crippen LogP) is 12.6. The zero-order valence-corrected chi connectivity index (χ0v) is 70.6. The molecule has 12 aromatic heterocycles. The summed E-state index contributed by atoms with van der Waals surface area (Å²) in [6.07, 6.45) is 19.4. The van der Waals surface area contributed by atoms with E-state index in [4.69, 9.17) is 37.6 Å². The van der Waals surface area contributed by atoms with Gasteiger partial charge in [-0.15, -0.1) is 0 Å². The molecule has 124 heavy (non-hydrogen) atoms. The molecule has 0 saturated carbocycles. The molecule has 0 fully saturated rings. The van der Waals surface area contributed by atoms with E-state index in [2.05, 4.69) is 302 Å². The Hall–Kier alpha value is -15.1. The van der Waals surface area contributed by atoms with Gasteiger partial charge in [0.05, 0.1) is 5.69 Å². The maximum Gasteiger partial charge on any atom is 0.306 e. The van der Waals surface area contributed by atoms with Crippen molar-refractivity contribution in [3.05, 3.63) is 297 Å². The van der Waals surface area contributed by atoms with Crippen LogP contribution in [0.1, 0.15) is 50.5 Å². The number of hydrogen-bond donors (Lipinski definition) is 0. The molecule has 0 saturated heterocycles. The summed E-state index contributed by atoms with van der Waals surface area (Å²) in [7, 11) is 0. The van der Waals surface area contributed by atoms with Crippen LogP contribution in [-0.2, 0) is 0 Å². The average molecular weight is 1630 g/mol. The van der Waals surface area contributed by atoms with E-state index in [1.54, 1.807) is 24.8 Å². The molecule has 24 rings (SSSR count). The van der Waals surface area contributed by atoms with Crippen LogP contribution in [0.25, 0.3) is 93.1 Å². The van der Waals surface area contributed by atoms with E-state index < -0.39 is 0 Å². The van der Waals surface area contributed by atoms with Crippen molar-refractivity contribution in [2.24, 2.45) is 0 Å². The highest BCUT2D eigenvalue weighted by Gasteiger charge is 2.46. The van der Waals surface area contributed by atoms with Gasteiger partial charge in [0.25, 0.3) is 0 Å². The smallest absolute Gasteiger partial charge is 0.306 e. The number of aromatic nitrogens is 10. The Kier molecular flexibility index (Phi) is 18.8. The van der Waals surface area contributed by atoms with Crippen LogP contribution in [-0.4, -0.2) is 122 Å². The quantitative estimate of drug-likeness (QED) is 0.129. The summed E-state index contributed by atoms with van der Waals surface area (Å²) in [5.41, 5.74) is 16.6. The van der Waals surface area contributed by atoms with Gasteiger partial charge >= 0.3 is 27.4 Å². The third kappa shape index (κ3) is 12.9. The monoisotopic (exact) mass is 1630 g/mol. The SMILES string of the molecule is CB1C=c2oc3nc(C)ccc3c2=CN1N1c2cccnc2N(c2ccccc2)[C@@H]1C.CB1C=c2oc3nc(C)ccc3c2=CN1N1c2ncccc2N(c2ccccc2)[C@@H]1C.CB1C=c2oc3nc(C)ccc3c2=CN1N1c2nccnc2N(c2ccccc2)[C@@H]1C.CB1C=c2oc3nc(C)ccc3c2=CN1N1c2nccnc2N(c2ccccc2)[C@@H]1C. The topological polar surface area (TPSA) is 220 Å². The van der Waals surface area contributed by atoms with Crippen molar-refractivity contribution in [1.29, 1.82) is 0 Å². The summed E-state index contributed by atoms with van der Waals surface area (Å²) >= 11 is 0. The Bertz CT molecular complexity index is 6550. The highest BCUT2D eigenvalue weighted by molar-refractivity contribution is 6.72. The molecular formula is C94H86B4N22O4. The van der Waals surface area contributed by atoms with E-state index in [0.717, 1.165) is 156 Å². The number of rotatable bonds is 8. The Balaban J connectivity index is 0.000000101. The molecule has 20 heterocycles. The lowest BCUT2D eigenvalue weighted by Gasteiger charge is -2.40. The molecule has 0 radical (unpaired) electrons. The molecule has 8 aliphatic rings. The minimum absolute atomic E-state index is 0.00742. The molecular weight excluding hydrogens is 1540 g/mol. The number of pyridine rings is 6. The van der Waals surface area contributed by atoms with E-state index >= 15 is 0 Å². The first-order valence-corrected chi connectivity index (χ1v) is 42.1. The molecule has 0 spiro atoms. The van der Waals surface area contributed by atoms with Crippen molar-refractivity contribution in [3.8, 4) is 0 Å².